The van der Waals surface area contributed by atoms with Gasteiger partial charge in [-0.15, -0.1) is 0 Å². The van der Waals surface area contributed by atoms with Gasteiger partial charge in [-0.05, 0) is 6.42 Å². The van der Waals surface area contributed by atoms with Gasteiger partial charge in [-0.1, -0.05) is 0 Å². The highest BCUT2D eigenvalue weighted by molar-refractivity contribution is 5.86. The fourth-order valence-corrected chi connectivity index (χ4v) is 1.89. The van der Waals surface area contributed by atoms with Gasteiger partial charge >= 0.3 is 11.9 Å². The van der Waals surface area contributed by atoms with Crippen LogP contribution in [-0.4, -0.2) is 50.8 Å². The van der Waals surface area contributed by atoms with E-state index in [1.807, 2.05) is 0 Å². The van der Waals surface area contributed by atoms with Crippen molar-refractivity contribution >= 4 is 17.8 Å². The Morgan fingerprint density at radius 1 is 1.37 bits per heavy atom. The van der Waals surface area contributed by atoms with Crippen molar-refractivity contribution in [3.8, 4) is 0 Å². The molecule has 0 unspecified atom stereocenters. The fourth-order valence-electron chi connectivity index (χ4n) is 1.89. The maximum Gasteiger partial charge on any atom is 0.340 e. The van der Waals surface area contributed by atoms with Crippen LogP contribution in [0.15, 0.2) is 0 Å². The summed E-state index contributed by atoms with van der Waals surface area (Å²) in [6.07, 6.45) is 0.164. The third-order valence-electron chi connectivity index (χ3n) is 3.01. The van der Waals surface area contributed by atoms with Gasteiger partial charge in [0.05, 0.1) is 14.2 Å². The lowest BCUT2D eigenvalue weighted by Crippen LogP contribution is -2.41. The molecule has 108 valence electrons. The lowest BCUT2D eigenvalue weighted by molar-refractivity contribution is -0.172. The third-order valence-corrected chi connectivity index (χ3v) is 3.01. The summed E-state index contributed by atoms with van der Waals surface area (Å²) >= 11 is 0. The average molecular weight is 274 g/mol. The summed E-state index contributed by atoms with van der Waals surface area (Å²) in [5, 5.41) is 2.45. The summed E-state index contributed by atoms with van der Waals surface area (Å²) in [6, 6.07) is -0.665. The first-order valence-corrected chi connectivity index (χ1v) is 5.79. The molecule has 0 aromatic rings. The maximum absolute atomic E-state index is 11.8. The van der Waals surface area contributed by atoms with Crippen molar-refractivity contribution in [1.82, 2.24) is 10.8 Å². The first-order chi connectivity index (χ1) is 8.99. The van der Waals surface area contributed by atoms with Crippen molar-refractivity contribution in [2.24, 2.45) is 0 Å². The van der Waals surface area contributed by atoms with Crippen LogP contribution >= 0.6 is 0 Å². The molecular weight excluding hydrogens is 256 g/mol. The number of hydroxylamine groups is 1. The van der Waals surface area contributed by atoms with E-state index in [4.69, 9.17) is 4.84 Å². The molecule has 2 N–H and O–H groups in total. The molecule has 0 spiro atoms. The normalized spacial score (nSPS) is 25.7. The van der Waals surface area contributed by atoms with Crippen LogP contribution in [0.5, 0.6) is 0 Å². The van der Waals surface area contributed by atoms with Crippen LogP contribution in [0.3, 0.4) is 0 Å². The average Bonchev–Trinajstić information content (AvgIpc) is 2.88. The highest BCUT2D eigenvalue weighted by atomic mass is 16.7. The number of amides is 1. The minimum atomic E-state index is -1.35. The summed E-state index contributed by atoms with van der Waals surface area (Å²) in [5.41, 5.74) is 1.14. The summed E-state index contributed by atoms with van der Waals surface area (Å²) in [6.45, 7) is 0. The zero-order valence-corrected chi connectivity index (χ0v) is 11.1. The minimum absolute atomic E-state index is 0.00621. The van der Waals surface area contributed by atoms with E-state index in [9.17, 15) is 14.4 Å². The SMILES string of the molecule is CNC(=O)[C@@H]1C[C@](CCC(=O)OC)(C(=O)OC)ON1. The van der Waals surface area contributed by atoms with Crippen LogP contribution in [0, 0.1) is 0 Å². The molecule has 2 atom stereocenters. The molecule has 19 heavy (non-hydrogen) atoms. The second kappa shape index (κ2) is 6.48. The topological polar surface area (TPSA) is 103 Å². The van der Waals surface area contributed by atoms with Gasteiger partial charge in [0, 0.05) is 19.9 Å². The van der Waals surface area contributed by atoms with Crippen LogP contribution in [-0.2, 0) is 28.7 Å². The Labute approximate surface area is 110 Å². The molecule has 1 heterocycles. The first kappa shape index (κ1) is 15.4. The Morgan fingerprint density at radius 2 is 2.05 bits per heavy atom. The predicted molar refractivity (Wildman–Crippen MR) is 62.7 cm³/mol. The van der Waals surface area contributed by atoms with E-state index in [0.29, 0.717) is 0 Å². The van der Waals surface area contributed by atoms with Gasteiger partial charge in [-0.25, -0.2) is 4.79 Å². The zero-order valence-electron chi connectivity index (χ0n) is 11.1. The van der Waals surface area contributed by atoms with Gasteiger partial charge in [0.2, 0.25) is 5.91 Å². The van der Waals surface area contributed by atoms with Gasteiger partial charge < -0.3 is 14.8 Å². The highest BCUT2D eigenvalue weighted by Crippen LogP contribution is 2.30. The van der Waals surface area contributed by atoms with Gasteiger partial charge in [0.25, 0.3) is 0 Å². The van der Waals surface area contributed by atoms with Crippen LogP contribution in [0.1, 0.15) is 19.3 Å². The molecular formula is C11H18N2O6. The number of ether oxygens (including phenoxy) is 2. The maximum atomic E-state index is 11.8. The summed E-state index contributed by atoms with van der Waals surface area (Å²) in [7, 11) is 3.96. The molecule has 0 bridgehead atoms. The van der Waals surface area contributed by atoms with Crippen molar-refractivity contribution < 1.29 is 28.7 Å². The molecule has 1 fully saturated rings. The molecule has 1 rings (SSSR count). The fraction of sp³-hybridized carbons (Fsp3) is 0.727. The van der Waals surface area contributed by atoms with Gasteiger partial charge in [-0.2, -0.15) is 5.48 Å². The molecule has 0 aromatic heterocycles. The van der Waals surface area contributed by atoms with Crippen molar-refractivity contribution in [1.29, 1.82) is 0 Å². The van der Waals surface area contributed by atoms with Crippen LogP contribution < -0.4 is 10.8 Å². The Morgan fingerprint density at radius 3 is 2.58 bits per heavy atom. The number of nitrogens with one attached hydrogen (secondary N) is 2. The lowest BCUT2D eigenvalue weighted by Gasteiger charge is -2.23. The number of likely N-dealkylation sites (N-methyl/N-ethyl adjacent to an activating group) is 1. The van der Waals surface area contributed by atoms with Crippen molar-refractivity contribution in [2.75, 3.05) is 21.3 Å². The Balaban J connectivity index is 2.76. The van der Waals surface area contributed by atoms with E-state index in [2.05, 4.69) is 20.3 Å². The van der Waals surface area contributed by atoms with Gasteiger partial charge in [0.1, 0.15) is 6.04 Å². The Bertz CT molecular complexity index is 372. The van der Waals surface area contributed by atoms with E-state index < -0.39 is 23.6 Å². The molecule has 0 saturated carbocycles. The molecule has 0 aromatic carbocycles. The van der Waals surface area contributed by atoms with Crippen LogP contribution in [0.2, 0.25) is 0 Å². The lowest BCUT2D eigenvalue weighted by atomic mass is 9.91. The summed E-state index contributed by atoms with van der Waals surface area (Å²) in [5.74, 6) is -1.39. The van der Waals surface area contributed by atoms with E-state index in [1.165, 1.54) is 21.3 Å². The van der Waals surface area contributed by atoms with Gasteiger partial charge in [0.15, 0.2) is 5.60 Å². The zero-order chi connectivity index (χ0) is 14.5. The van der Waals surface area contributed by atoms with E-state index >= 15 is 0 Å². The molecule has 1 aliphatic rings. The molecule has 0 radical (unpaired) electrons. The smallest absolute Gasteiger partial charge is 0.340 e. The highest BCUT2D eigenvalue weighted by Gasteiger charge is 2.50. The molecule has 8 nitrogen and oxygen atoms in total. The number of carbonyl (C=O) groups is 3. The number of methoxy groups -OCH3 is 2. The largest absolute Gasteiger partial charge is 0.469 e. The predicted octanol–water partition coefficient (Wildman–Crippen LogP) is -1.11. The number of esters is 2. The number of carbonyl (C=O) groups excluding carboxylic acids is 3. The molecule has 1 aliphatic heterocycles. The second-order valence-corrected chi connectivity index (χ2v) is 4.15. The van der Waals surface area contributed by atoms with Crippen molar-refractivity contribution in [2.45, 2.75) is 30.9 Å². The third kappa shape index (κ3) is 3.42. The Hall–Kier alpha value is -1.67. The molecule has 0 aliphatic carbocycles. The summed E-state index contributed by atoms with van der Waals surface area (Å²) < 4.78 is 9.19. The molecule has 1 amide bonds. The first-order valence-electron chi connectivity index (χ1n) is 5.79. The van der Waals surface area contributed by atoms with Crippen LogP contribution in [0.25, 0.3) is 0 Å². The van der Waals surface area contributed by atoms with Crippen molar-refractivity contribution in [3.05, 3.63) is 0 Å². The van der Waals surface area contributed by atoms with Crippen LogP contribution in [0.4, 0.5) is 0 Å². The number of hydrogen-bond donors (Lipinski definition) is 2. The number of rotatable bonds is 5. The Kier molecular flexibility index (Phi) is 5.25. The molecule has 8 heteroatoms. The minimum Gasteiger partial charge on any atom is -0.469 e. The van der Waals surface area contributed by atoms with Crippen molar-refractivity contribution in [3.63, 3.8) is 0 Å². The monoisotopic (exact) mass is 274 g/mol. The molecule has 1 saturated heterocycles. The van der Waals surface area contributed by atoms with E-state index in [-0.39, 0.29) is 25.2 Å². The standard InChI is InChI=1S/C11H18N2O6/c1-12-9(15)7-6-11(19-13-7,10(16)18-3)5-4-8(14)17-2/h7,13H,4-6H2,1-3H3,(H,12,15)/t7-,11+/m0/s1. The van der Waals surface area contributed by atoms with E-state index in [0.717, 1.165) is 0 Å². The van der Waals surface area contributed by atoms with Gasteiger partial charge in [-0.3, -0.25) is 14.4 Å². The number of hydrogen-bond acceptors (Lipinski definition) is 7. The second-order valence-electron chi connectivity index (χ2n) is 4.15. The quantitative estimate of drug-likeness (QED) is 0.613. The van der Waals surface area contributed by atoms with E-state index in [1.54, 1.807) is 0 Å². The summed E-state index contributed by atoms with van der Waals surface area (Å²) in [4.78, 5) is 39.7.